The quantitative estimate of drug-likeness (QED) is 0.809. The maximum atomic E-state index is 12.2. The van der Waals surface area contributed by atoms with Gasteiger partial charge in [-0.15, -0.1) is 0 Å². The highest BCUT2D eigenvalue weighted by Gasteiger charge is 2.54. The Labute approximate surface area is 138 Å². The SMILES string of the molecule is CC(C)CCC(=O)N1CC2(C1)OCCC2COc1ccccn1. The van der Waals surface area contributed by atoms with Crippen LogP contribution in [0.3, 0.4) is 0 Å². The van der Waals surface area contributed by atoms with Crippen molar-refractivity contribution in [3.05, 3.63) is 24.4 Å². The number of ether oxygens (including phenoxy) is 2. The minimum absolute atomic E-state index is 0.192. The van der Waals surface area contributed by atoms with Gasteiger partial charge in [0.2, 0.25) is 11.8 Å². The van der Waals surface area contributed by atoms with Gasteiger partial charge in [0.25, 0.3) is 0 Å². The Morgan fingerprint density at radius 1 is 1.48 bits per heavy atom. The third-order valence-electron chi connectivity index (χ3n) is 4.88. The predicted molar refractivity (Wildman–Crippen MR) is 87.2 cm³/mol. The van der Waals surface area contributed by atoms with Crippen LogP contribution in [0.1, 0.15) is 33.1 Å². The van der Waals surface area contributed by atoms with E-state index >= 15 is 0 Å². The highest BCUT2D eigenvalue weighted by molar-refractivity contribution is 5.77. The molecule has 2 fully saturated rings. The molecule has 1 spiro atoms. The number of nitrogens with zero attached hydrogens (tertiary/aromatic N) is 2. The summed E-state index contributed by atoms with van der Waals surface area (Å²) in [6.45, 7) is 7.07. The van der Waals surface area contributed by atoms with Crippen molar-refractivity contribution in [2.24, 2.45) is 11.8 Å². The van der Waals surface area contributed by atoms with Crippen LogP contribution < -0.4 is 4.74 Å². The second-order valence-electron chi connectivity index (χ2n) is 7.06. The van der Waals surface area contributed by atoms with E-state index in [4.69, 9.17) is 9.47 Å². The van der Waals surface area contributed by atoms with Crippen LogP contribution in [0.5, 0.6) is 5.88 Å². The Kier molecular flexibility index (Phi) is 4.85. The fraction of sp³-hybridized carbons (Fsp3) is 0.667. The van der Waals surface area contributed by atoms with E-state index in [1.807, 2.05) is 23.1 Å². The zero-order chi connectivity index (χ0) is 16.3. The number of amides is 1. The average Bonchev–Trinajstić information content (AvgIpc) is 2.94. The topological polar surface area (TPSA) is 51.7 Å². The van der Waals surface area contributed by atoms with Crippen LogP contribution in [0.4, 0.5) is 0 Å². The molecular formula is C18H26N2O3. The fourth-order valence-corrected chi connectivity index (χ4v) is 3.33. The Balaban J connectivity index is 1.49. The summed E-state index contributed by atoms with van der Waals surface area (Å²) in [5, 5.41) is 0. The average molecular weight is 318 g/mol. The van der Waals surface area contributed by atoms with Gasteiger partial charge in [0.1, 0.15) is 5.60 Å². The Morgan fingerprint density at radius 3 is 3.00 bits per heavy atom. The zero-order valence-electron chi connectivity index (χ0n) is 14.0. The standard InChI is InChI=1S/C18H26N2O3/c1-14(2)6-7-17(21)20-12-18(13-20)15(8-10-23-18)11-22-16-5-3-4-9-19-16/h3-5,9,14-15H,6-8,10-13H2,1-2H3. The van der Waals surface area contributed by atoms with Crippen molar-refractivity contribution in [1.82, 2.24) is 9.88 Å². The first kappa shape index (κ1) is 16.2. The Bertz CT molecular complexity index is 526. The van der Waals surface area contributed by atoms with Crippen molar-refractivity contribution in [1.29, 1.82) is 0 Å². The molecule has 2 aliphatic rings. The van der Waals surface area contributed by atoms with Crippen LogP contribution in [0.15, 0.2) is 24.4 Å². The molecule has 3 rings (SSSR count). The molecule has 23 heavy (non-hydrogen) atoms. The van der Waals surface area contributed by atoms with Gasteiger partial charge >= 0.3 is 0 Å². The van der Waals surface area contributed by atoms with Crippen LogP contribution in [0.2, 0.25) is 0 Å². The Morgan fingerprint density at radius 2 is 2.30 bits per heavy atom. The minimum Gasteiger partial charge on any atom is -0.477 e. The van der Waals surface area contributed by atoms with Gasteiger partial charge in [0, 0.05) is 31.2 Å². The smallest absolute Gasteiger partial charge is 0.222 e. The number of aromatic nitrogens is 1. The van der Waals surface area contributed by atoms with E-state index in [0.29, 0.717) is 43.8 Å². The first-order valence-electron chi connectivity index (χ1n) is 8.55. The molecule has 0 radical (unpaired) electrons. The number of pyridine rings is 1. The minimum atomic E-state index is -0.192. The number of likely N-dealkylation sites (tertiary alicyclic amines) is 1. The van der Waals surface area contributed by atoms with Gasteiger partial charge in [0.05, 0.1) is 19.7 Å². The summed E-state index contributed by atoms with van der Waals surface area (Å²) in [4.78, 5) is 18.3. The molecule has 0 N–H and O–H groups in total. The molecule has 5 heteroatoms. The van der Waals surface area contributed by atoms with E-state index < -0.39 is 0 Å². The lowest BCUT2D eigenvalue weighted by Gasteiger charge is -2.50. The normalized spacial score (nSPS) is 22.4. The maximum Gasteiger partial charge on any atom is 0.222 e. The molecule has 5 nitrogen and oxygen atoms in total. The maximum absolute atomic E-state index is 12.2. The number of carbonyl (C=O) groups excluding carboxylic acids is 1. The van der Waals surface area contributed by atoms with Gasteiger partial charge in [-0.05, 0) is 24.8 Å². The molecule has 1 aromatic heterocycles. The van der Waals surface area contributed by atoms with Crippen LogP contribution >= 0.6 is 0 Å². The summed E-state index contributed by atoms with van der Waals surface area (Å²) in [5.74, 6) is 1.80. The van der Waals surface area contributed by atoms with Gasteiger partial charge in [-0.3, -0.25) is 4.79 Å². The van der Waals surface area contributed by atoms with Crippen molar-refractivity contribution in [2.45, 2.75) is 38.7 Å². The third-order valence-corrected chi connectivity index (χ3v) is 4.88. The lowest BCUT2D eigenvalue weighted by atomic mass is 9.81. The summed E-state index contributed by atoms with van der Waals surface area (Å²) in [5.41, 5.74) is -0.192. The lowest BCUT2D eigenvalue weighted by molar-refractivity contribution is -0.167. The molecule has 2 aliphatic heterocycles. The molecule has 126 valence electrons. The van der Waals surface area contributed by atoms with Crippen LogP contribution in [0, 0.1) is 11.8 Å². The third kappa shape index (κ3) is 3.66. The van der Waals surface area contributed by atoms with Crippen LogP contribution in [-0.4, -0.2) is 47.7 Å². The van der Waals surface area contributed by atoms with Gasteiger partial charge in [-0.1, -0.05) is 19.9 Å². The molecule has 0 aromatic carbocycles. The summed E-state index contributed by atoms with van der Waals surface area (Å²) >= 11 is 0. The highest BCUT2D eigenvalue weighted by atomic mass is 16.5. The molecule has 1 atom stereocenters. The Hall–Kier alpha value is -1.62. The molecule has 0 bridgehead atoms. The van der Waals surface area contributed by atoms with Crippen molar-refractivity contribution in [2.75, 3.05) is 26.3 Å². The number of carbonyl (C=O) groups is 1. The first-order chi connectivity index (χ1) is 11.1. The van der Waals surface area contributed by atoms with Gasteiger partial charge in [-0.25, -0.2) is 4.98 Å². The second kappa shape index (κ2) is 6.87. The second-order valence-corrected chi connectivity index (χ2v) is 7.06. The van der Waals surface area contributed by atoms with Crippen molar-refractivity contribution in [3.63, 3.8) is 0 Å². The largest absolute Gasteiger partial charge is 0.477 e. The molecule has 0 saturated carbocycles. The number of hydrogen-bond donors (Lipinski definition) is 0. The monoisotopic (exact) mass is 318 g/mol. The van der Waals surface area contributed by atoms with Gasteiger partial charge in [0.15, 0.2) is 0 Å². The van der Waals surface area contributed by atoms with E-state index in [9.17, 15) is 4.79 Å². The summed E-state index contributed by atoms with van der Waals surface area (Å²) < 4.78 is 11.8. The van der Waals surface area contributed by atoms with Crippen molar-refractivity contribution < 1.29 is 14.3 Å². The predicted octanol–water partition coefficient (Wildman–Crippen LogP) is 2.51. The molecule has 1 unspecified atom stereocenters. The van der Waals surface area contributed by atoms with Crippen LogP contribution in [0.25, 0.3) is 0 Å². The molecule has 0 aliphatic carbocycles. The van der Waals surface area contributed by atoms with Gasteiger partial charge < -0.3 is 14.4 Å². The summed E-state index contributed by atoms with van der Waals surface area (Å²) in [6, 6.07) is 5.66. The van der Waals surface area contributed by atoms with E-state index in [0.717, 1.165) is 19.4 Å². The fourth-order valence-electron chi connectivity index (χ4n) is 3.33. The zero-order valence-corrected chi connectivity index (χ0v) is 14.0. The van der Waals surface area contributed by atoms with Crippen molar-refractivity contribution in [3.8, 4) is 5.88 Å². The van der Waals surface area contributed by atoms with E-state index in [2.05, 4.69) is 18.8 Å². The summed E-state index contributed by atoms with van der Waals surface area (Å²) in [6.07, 6.45) is 4.31. The number of hydrogen-bond acceptors (Lipinski definition) is 4. The molecule has 3 heterocycles. The molecule has 1 aromatic rings. The molecular weight excluding hydrogens is 292 g/mol. The summed E-state index contributed by atoms with van der Waals surface area (Å²) in [7, 11) is 0. The molecule has 2 saturated heterocycles. The van der Waals surface area contributed by atoms with E-state index in [1.54, 1.807) is 6.20 Å². The highest BCUT2D eigenvalue weighted by Crippen LogP contribution is 2.40. The molecule has 1 amide bonds. The van der Waals surface area contributed by atoms with Gasteiger partial charge in [-0.2, -0.15) is 0 Å². The van der Waals surface area contributed by atoms with Crippen LogP contribution in [-0.2, 0) is 9.53 Å². The van der Waals surface area contributed by atoms with Crippen molar-refractivity contribution >= 4 is 5.91 Å². The van der Waals surface area contributed by atoms with E-state index in [-0.39, 0.29) is 11.5 Å². The lowest BCUT2D eigenvalue weighted by Crippen LogP contribution is -2.66. The van der Waals surface area contributed by atoms with E-state index in [1.165, 1.54) is 0 Å². The number of rotatable bonds is 6. The first-order valence-corrected chi connectivity index (χ1v) is 8.55.